The maximum absolute atomic E-state index is 14.0. The Morgan fingerprint density at radius 1 is 1.20 bits per heavy atom. The summed E-state index contributed by atoms with van der Waals surface area (Å²) >= 11 is 0. The summed E-state index contributed by atoms with van der Waals surface area (Å²) in [5, 5.41) is 4.34. The number of nitrogens with zero attached hydrogens (tertiary/aromatic N) is 2. The minimum absolute atomic E-state index is 0.107. The molecule has 0 aliphatic heterocycles. The van der Waals surface area contributed by atoms with Gasteiger partial charge in [-0.3, -0.25) is 4.68 Å². The number of halogens is 2. The van der Waals surface area contributed by atoms with Crippen LogP contribution in [0.25, 0.3) is 11.3 Å². The Kier molecular flexibility index (Phi) is 4.06. The number of aromatic nitrogens is 2. The zero-order valence-electron chi connectivity index (χ0n) is 12.0. The van der Waals surface area contributed by atoms with Crippen molar-refractivity contribution in [2.75, 3.05) is 5.73 Å². The minimum atomic E-state index is -0.509. The van der Waals surface area contributed by atoms with E-state index in [9.17, 15) is 8.78 Å². The first kappa shape index (κ1) is 14.5. The zero-order valence-corrected chi connectivity index (χ0v) is 12.0. The van der Waals surface area contributed by atoms with Crippen LogP contribution >= 0.6 is 0 Å². The Balaban J connectivity index is 2.51. The third-order valence-electron chi connectivity index (χ3n) is 3.58. The van der Waals surface area contributed by atoms with Gasteiger partial charge < -0.3 is 5.73 Å². The lowest BCUT2D eigenvalue weighted by atomic mass is 10.1. The van der Waals surface area contributed by atoms with Crippen molar-refractivity contribution >= 4 is 5.69 Å². The Morgan fingerprint density at radius 2 is 1.85 bits per heavy atom. The van der Waals surface area contributed by atoms with Crippen molar-refractivity contribution in [2.45, 2.75) is 39.7 Å². The van der Waals surface area contributed by atoms with Gasteiger partial charge in [0.15, 0.2) is 0 Å². The number of hydrogen-bond donors (Lipinski definition) is 1. The minimum Gasteiger partial charge on any atom is -0.396 e. The maximum Gasteiger partial charge on any atom is 0.133 e. The molecule has 0 saturated carbocycles. The van der Waals surface area contributed by atoms with Gasteiger partial charge in [-0.25, -0.2) is 8.78 Å². The Hall–Kier alpha value is -1.91. The molecule has 0 aliphatic rings. The van der Waals surface area contributed by atoms with E-state index in [2.05, 4.69) is 18.9 Å². The molecule has 0 unspecified atom stereocenters. The molecule has 0 radical (unpaired) electrons. The van der Waals surface area contributed by atoms with Crippen molar-refractivity contribution in [3.05, 3.63) is 35.5 Å². The zero-order chi connectivity index (χ0) is 14.9. The molecule has 0 aliphatic carbocycles. The standard InChI is InChI=1S/C15H19F2N3/c1-4-10(5-2)20-8-14(18)15(19-20)11-7-12(16)9(3)6-13(11)17/h6-8,10H,4-5,18H2,1-3H3. The van der Waals surface area contributed by atoms with E-state index in [1.807, 2.05) is 0 Å². The van der Waals surface area contributed by atoms with Crippen molar-refractivity contribution in [1.82, 2.24) is 9.78 Å². The van der Waals surface area contributed by atoms with Crippen molar-refractivity contribution in [2.24, 2.45) is 0 Å². The number of aryl methyl sites for hydroxylation is 1. The summed E-state index contributed by atoms with van der Waals surface area (Å²) in [6, 6.07) is 2.53. The smallest absolute Gasteiger partial charge is 0.133 e. The number of nitrogens with two attached hydrogens (primary N) is 1. The fourth-order valence-electron chi connectivity index (χ4n) is 2.29. The lowest BCUT2D eigenvalue weighted by Gasteiger charge is -2.12. The van der Waals surface area contributed by atoms with Crippen LogP contribution in [0.4, 0.5) is 14.5 Å². The second-order valence-corrected chi connectivity index (χ2v) is 4.96. The van der Waals surface area contributed by atoms with Gasteiger partial charge in [0.05, 0.1) is 11.7 Å². The van der Waals surface area contributed by atoms with Crippen molar-refractivity contribution in [3.63, 3.8) is 0 Å². The molecule has 1 heterocycles. The Labute approximate surface area is 117 Å². The molecule has 0 saturated heterocycles. The SMILES string of the molecule is CCC(CC)n1cc(N)c(-c2cc(F)c(C)cc2F)n1. The summed E-state index contributed by atoms with van der Waals surface area (Å²) in [6.45, 7) is 5.63. The van der Waals surface area contributed by atoms with Gasteiger partial charge in [0.25, 0.3) is 0 Å². The van der Waals surface area contributed by atoms with Crippen LogP contribution in [-0.2, 0) is 0 Å². The fourth-order valence-corrected chi connectivity index (χ4v) is 2.29. The second kappa shape index (κ2) is 5.61. The average Bonchev–Trinajstić information content (AvgIpc) is 2.77. The molecule has 20 heavy (non-hydrogen) atoms. The molecule has 0 amide bonds. The molecule has 2 rings (SSSR count). The Morgan fingerprint density at radius 3 is 2.45 bits per heavy atom. The highest BCUT2D eigenvalue weighted by atomic mass is 19.1. The van der Waals surface area contributed by atoms with Gasteiger partial charge in [0.2, 0.25) is 0 Å². The highest BCUT2D eigenvalue weighted by molar-refractivity contribution is 5.72. The highest BCUT2D eigenvalue weighted by Gasteiger charge is 2.17. The van der Waals surface area contributed by atoms with Gasteiger partial charge >= 0.3 is 0 Å². The van der Waals surface area contributed by atoms with Crippen molar-refractivity contribution in [1.29, 1.82) is 0 Å². The molecule has 0 bridgehead atoms. The molecule has 1 aromatic heterocycles. The molecule has 108 valence electrons. The summed E-state index contributed by atoms with van der Waals surface area (Å²) in [7, 11) is 0. The lowest BCUT2D eigenvalue weighted by molar-refractivity contribution is 0.429. The lowest BCUT2D eigenvalue weighted by Crippen LogP contribution is -2.07. The first-order chi connectivity index (χ1) is 9.47. The van der Waals surface area contributed by atoms with E-state index in [0.29, 0.717) is 11.4 Å². The molecule has 1 aromatic carbocycles. The van der Waals surface area contributed by atoms with Crippen molar-refractivity contribution < 1.29 is 8.78 Å². The van der Waals surface area contributed by atoms with E-state index < -0.39 is 11.6 Å². The molecule has 2 aromatic rings. The summed E-state index contributed by atoms with van der Waals surface area (Å²) in [6.07, 6.45) is 3.49. The predicted octanol–water partition coefficient (Wildman–Crippen LogP) is 4.08. The van der Waals surface area contributed by atoms with Crippen molar-refractivity contribution in [3.8, 4) is 11.3 Å². The summed E-state index contributed by atoms with van der Waals surface area (Å²) in [5.41, 5.74) is 6.94. The van der Waals surface area contributed by atoms with E-state index in [0.717, 1.165) is 18.9 Å². The number of nitrogen functional groups attached to an aromatic ring is 1. The first-order valence-electron chi connectivity index (χ1n) is 6.78. The number of benzene rings is 1. The molecule has 0 atom stereocenters. The average molecular weight is 279 g/mol. The summed E-state index contributed by atoms with van der Waals surface area (Å²) in [5.74, 6) is -0.969. The van der Waals surface area contributed by atoms with Crippen LogP contribution < -0.4 is 5.73 Å². The van der Waals surface area contributed by atoms with Gasteiger partial charge in [-0.1, -0.05) is 13.8 Å². The van der Waals surface area contributed by atoms with E-state index >= 15 is 0 Å². The summed E-state index contributed by atoms with van der Waals surface area (Å²) < 4.78 is 29.4. The van der Waals surface area contributed by atoms with Crippen LogP contribution in [-0.4, -0.2) is 9.78 Å². The van der Waals surface area contributed by atoms with Gasteiger partial charge in [0, 0.05) is 11.8 Å². The highest BCUT2D eigenvalue weighted by Crippen LogP contribution is 2.30. The van der Waals surface area contributed by atoms with Gasteiger partial charge in [0.1, 0.15) is 17.3 Å². The third kappa shape index (κ3) is 2.53. The number of anilines is 1. The van der Waals surface area contributed by atoms with E-state index in [-0.39, 0.29) is 17.2 Å². The van der Waals surface area contributed by atoms with Crippen LogP contribution in [0.2, 0.25) is 0 Å². The van der Waals surface area contributed by atoms with E-state index in [1.165, 1.54) is 13.0 Å². The number of rotatable bonds is 4. The normalized spacial score (nSPS) is 11.3. The van der Waals surface area contributed by atoms with Crippen LogP contribution in [0.1, 0.15) is 38.3 Å². The largest absolute Gasteiger partial charge is 0.396 e. The molecule has 5 heteroatoms. The molecule has 3 nitrogen and oxygen atoms in total. The van der Waals surface area contributed by atoms with E-state index in [4.69, 9.17) is 5.73 Å². The Bertz CT molecular complexity index is 616. The molecule has 0 fully saturated rings. The summed E-state index contributed by atoms with van der Waals surface area (Å²) in [4.78, 5) is 0. The predicted molar refractivity (Wildman–Crippen MR) is 76.3 cm³/mol. The molecular formula is C15H19F2N3. The molecular weight excluding hydrogens is 260 g/mol. The fraction of sp³-hybridized carbons (Fsp3) is 0.400. The van der Waals surface area contributed by atoms with Gasteiger partial charge in [-0.15, -0.1) is 0 Å². The van der Waals surface area contributed by atoms with E-state index in [1.54, 1.807) is 10.9 Å². The van der Waals surface area contributed by atoms with Crippen LogP contribution in [0, 0.1) is 18.6 Å². The second-order valence-electron chi connectivity index (χ2n) is 4.96. The topological polar surface area (TPSA) is 43.8 Å². The quantitative estimate of drug-likeness (QED) is 0.916. The molecule has 0 spiro atoms. The number of hydrogen-bond acceptors (Lipinski definition) is 2. The molecule has 2 N–H and O–H groups in total. The van der Waals surface area contributed by atoms with Gasteiger partial charge in [-0.2, -0.15) is 5.10 Å². The van der Waals surface area contributed by atoms with Crippen LogP contribution in [0.15, 0.2) is 18.3 Å². The third-order valence-corrected chi connectivity index (χ3v) is 3.58. The monoisotopic (exact) mass is 279 g/mol. The van der Waals surface area contributed by atoms with Gasteiger partial charge in [-0.05, 0) is 37.5 Å². The van der Waals surface area contributed by atoms with Crippen LogP contribution in [0.5, 0.6) is 0 Å². The first-order valence-corrected chi connectivity index (χ1v) is 6.78. The van der Waals surface area contributed by atoms with Crippen LogP contribution in [0.3, 0.4) is 0 Å². The maximum atomic E-state index is 14.0.